The quantitative estimate of drug-likeness (QED) is 0.665. The van der Waals surface area contributed by atoms with E-state index in [9.17, 15) is 0 Å². The monoisotopic (exact) mass is 219 g/mol. The fourth-order valence-corrected chi connectivity index (χ4v) is 1.72. The topological polar surface area (TPSA) is 30.0 Å². The van der Waals surface area contributed by atoms with Gasteiger partial charge in [0.25, 0.3) is 0 Å². The smallest absolute Gasteiger partial charge is 0.00209 e. The lowest BCUT2D eigenvalue weighted by Gasteiger charge is -2.07. The summed E-state index contributed by atoms with van der Waals surface area (Å²) in [5, 5.41) is 0. The molecule has 1 aromatic rings. The van der Waals surface area contributed by atoms with Crippen molar-refractivity contribution in [3.05, 3.63) is 47.5 Å². The van der Waals surface area contributed by atoms with Crippen LogP contribution in [0.2, 0.25) is 0 Å². The molecule has 0 aromatic heterocycles. The van der Waals surface area contributed by atoms with Gasteiger partial charge in [0.15, 0.2) is 0 Å². The Labute approximate surface area is 99.5 Å². The summed E-state index contributed by atoms with van der Waals surface area (Å²) in [5.41, 5.74) is 2.81. The zero-order chi connectivity index (χ0) is 11.1. The molecule has 1 radical (unpaired) electrons. The molecular weight excluding hydrogens is 196 g/mol. The maximum Gasteiger partial charge on any atom is 0.00209 e. The zero-order valence-electron chi connectivity index (χ0n) is 10.6. The summed E-state index contributed by atoms with van der Waals surface area (Å²) in [6.45, 7) is 6.38. The van der Waals surface area contributed by atoms with E-state index in [1.54, 1.807) is 0 Å². The average Bonchev–Trinajstić information content (AvgIpc) is 2.73. The highest BCUT2D eigenvalue weighted by atomic mass is 16.0. The number of hydrogen-bond acceptors (Lipinski definition) is 0. The van der Waals surface area contributed by atoms with Gasteiger partial charge in [-0.05, 0) is 25.3 Å². The van der Waals surface area contributed by atoms with Gasteiger partial charge in [0, 0.05) is 5.92 Å². The van der Waals surface area contributed by atoms with E-state index in [2.05, 4.69) is 57.2 Å². The summed E-state index contributed by atoms with van der Waals surface area (Å²) in [6, 6.07) is 8.88. The molecule has 0 saturated carbocycles. The fraction of sp³-hybridized carbons (Fsp3) is 0.467. The molecule has 1 unspecified atom stereocenters. The Morgan fingerprint density at radius 3 is 2.12 bits per heavy atom. The van der Waals surface area contributed by atoms with Crippen molar-refractivity contribution in [2.45, 2.75) is 46.0 Å². The van der Waals surface area contributed by atoms with Gasteiger partial charge in [0.05, 0.1) is 0 Å². The number of rotatable bonds is 1. The lowest BCUT2D eigenvalue weighted by atomic mass is 9.98. The molecule has 0 bridgehead atoms. The predicted molar refractivity (Wildman–Crippen MR) is 70.2 cm³/mol. The SMILES string of the molecule is CCC.Cc1ccc(C2C=CCC2)cc1.[OH]. The zero-order valence-corrected chi connectivity index (χ0v) is 10.6. The van der Waals surface area contributed by atoms with Crippen LogP contribution in [-0.4, -0.2) is 5.48 Å². The van der Waals surface area contributed by atoms with Gasteiger partial charge in [0.1, 0.15) is 0 Å². The summed E-state index contributed by atoms with van der Waals surface area (Å²) in [7, 11) is 0. The molecule has 89 valence electrons. The van der Waals surface area contributed by atoms with Gasteiger partial charge in [-0.15, -0.1) is 0 Å². The number of benzene rings is 1. The molecule has 0 fully saturated rings. The molecule has 1 heteroatoms. The van der Waals surface area contributed by atoms with Gasteiger partial charge < -0.3 is 0 Å². The minimum absolute atomic E-state index is 0. The average molecular weight is 219 g/mol. The summed E-state index contributed by atoms with van der Waals surface area (Å²) in [6.07, 6.45) is 8.40. The molecule has 0 heterocycles. The highest BCUT2D eigenvalue weighted by Crippen LogP contribution is 2.27. The first-order valence-corrected chi connectivity index (χ1v) is 6.01. The number of allylic oxidation sites excluding steroid dienone is 2. The third-order valence-corrected chi connectivity index (χ3v) is 2.52. The molecule has 1 nitrogen and oxygen atoms in total. The Bertz CT molecular complexity index is 298. The Hall–Kier alpha value is -1.08. The molecule has 16 heavy (non-hydrogen) atoms. The highest BCUT2D eigenvalue weighted by Gasteiger charge is 2.10. The van der Waals surface area contributed by atoms with Crippen LogP contribution in [0.3, 0.4) is 0 Å². The standard InChI is InChI=1S/C12H14.C3H8.HO/c1-10-6-8-12(9-7-10)11-4-2-3-5-11;1-3-2;/h2,4,6-9,11H,3,5H2,1H3;3H2,1-2H3;1H. The summed E-state index contributed by atoms with van der Waals surface area (Å²) in [4.78, 5) is 0. The molecule has 1 aromatic carbocycles. The molecule has 0 saturated heterocycles. The first kappa shape index (κ1) is 14.9. The highest BCUT2D eigenvalue weighted by molar-refractivity contribution is 5.28. The van der Waals surface area contributed by atoms with Crippen LogP contribution in [0, 0.1) is 6.92 Å². The van der Waals surface area contributed by atoms with Crippen molar-refractivity contribution >= 4 is 0 Å². The third kappa shape index (κ3) is 4.63. The van der Waals surface area contributed by atoms with E-state index in [4.69, 9.17) is 0 Å². The second-order valence-electron chi connectivity index (χ2n) is 4.23. The Morgan fingerprint density at radius 1 is 1.12 bits per heavy atom. The van der Waals surface area contributed by atoms with Crippen molar-refractivity contribution in [2.24, 2.45) is 0 Å². The second-order valence-corrected chi connectivity index (χ2v) is 4.23. The van der Waals surface area contributed by atoms with E-state index >= 15 is 0 Å². The van der Waals surface area contributed by atoms with E-state index in [0.29, 0.717) is 5.92 Å². The van der Waals surface area contributed by atoms with Gasteiger partial charge in [0.2, 0.25) is 0 Å². The first-order valence-electron chi connectivity index (χ1n) is 6.01. The second kappa shape index (κ2) is 8.12. The summed E-state index contributed by atoms with van der Waals surface area (Å²) >= 11 is 0. The van der Waals surface area contributed by atoms with Crippen molar-refractivity contribution in [2.75, 3.05) is 0 Å². The molecule has 1 aliphatic rings. The Balaban J connectivity index is 0.000000511. The maximum absolute atomic E-state index is 2.32. The summed E-state index contributed by atoms with van der Waals surface area (Å²) < 4.78 is 0. The summed E-state index contributed by atoms with van der Waals surface area (Å²) in [5.74, 6) is 0.686. The van der Waals surface area contributed by atoms with Crippen molar-refractivity contribution < 1.29 is 5.48 Å². The molecule has 1 atom stereocenters. The van der Waals surface area contributed by atoms with Crippen LogP contribution in [0.15, 0.2) is 36.4 Å². The molecule has 0 amide bonds. The van der Waals surface area contributed by atoms with Gasteiger partial charge in [-0.1, -0.05) is 62.2 Å². The number of hydrogen-bond donors (Lipinski definition) is 1. The van der Waals surface area contributed by atoms with Gasteiger partial charge in [-0.3, -0.25) is 5.48 Å². The van der Waals surface area contributed by atoms with Crippen LogP contribution in [0.25, 0.3) is 0 Å². The van der Waals surface area contributed by atoms with Crippen molar-refractivity contribution in [1.29, 1.82) is 0 Å². The Morgan fingerprint density at radius 2 is 1.69 bits per heavy atom. The van der Waals surface area contributed by atoms with E-state index in [1.165, 1.54) is 30.4 Å². The van der Waals surface area contributed by atoms with Crippen LogP contribution < -0.4 is 0 Å². The fourth-order valence-electron chi connectivity index (χ4n) is 1.72. The molecule has 0 aliphatic heterocycles. The molecule has 0 spiro atoms. The van der Waals surface area contributed by atoms with Crippen LogP contribution in [-0.2, 0) is 0 Å². The predicted octanol–water partition coefficient (Wildman–Crippen LogP) is 4.67. The maximum atomic E-state index is 2.32. The number of aryl methyl sites for hydroxylation is 1. The van der Waals surface area contributed by atoms with E-state index in [1.807, 2.05) is 0 Å². The normalized spacial score (nSPS) is 17.3. The van der Waals surface area contributed by atoms with Crippen molar-refractivity contribution in [3.63, 3.8) is 0 Å². The van der Waals surface area contributed by atoms with Crippen LogP contribution in [0.4, 0.5) is 0 Å². The lowest BCUT2D eigenvalue weighted by Crippen LogP contribution is -1.89. The van der Waals surface area contributed by atoms with Crippen LogP contribution in [0.1, 0.15) is 50.2 Å². The van der Waals surface area contributed by atoms with Gasteiger partial charge in [-0.25, -0.2) is 0 Å². The van der Waals surface area contributed by atoms with E-state index < -0.39 is 0 Å². The molecule has 2 rings (SSSR count). The van der Waals surface area contributed by atoms with Crippen molar-refractivity contribution in [1.82, 2.24) is 0 Å². The van der Waals surface area contributed by atoms with Gasteiger partial charge in [-0.2, -0.15) is 0 Å². The largest absolute Gasteiger partial charge is 0.255 e. The molecule has 1 aliphatic carbocycles. The molecule has 1 N–H and O–H groups in total. The third-order valence-electron chi connectivity index (χ3n) is 2.52. The minimum atomic E-state index is 0. The minimum Gasteiger partial charge on any atom is -0.255 e. The van der Waals surface area contributed by atoms with Gasteiger partial charge >= 0.3 is 0 Å². The van der Waals surface area contributed by atoms with Crippen LogP contribution in [0.5, 0.6) is 0 Å². The Kier molecular flexibility index (Phi) is 7.57. The molecular formula is C15H23O. The lowest BCUT2D eigenvalue weighted by molar-refractivity contribution is 0.800. The van der Waals surface area contributed by atoms with Crippen molar-refractivity contribution in [3.8, 4) is 0 Å². The van der Waals surface area contributed by atoms with E-state index in [0.717, 1.165) is 0 Å². The van der Waals surface area contributed by atoms with E-state index in [-0.39, 0.29) is 5.48 Å². The van der Waals surface area contributed by atoms with Crippen LogP contribution >= 0.6 is 0 Å². The first-order chi connectivity index (χ1) is 7.27.